The van der Waals surface area contributed by atoms with Gasteiger partial charge in [-0.15, -0.1) is 11.3 Å². The van der Waals surface area contributed by atoms with Crippen LogP contribution in [0.1, 0.15) is 23.2 Å². The Morgan fingerprint density at radius 1 is 1.26 bits per heavy atom. The number of piperazine rings is 1. The smallest absolute Gasteiger partial charge is 0.130 e. The molecule has 1 aromatic heterocycles. The van der Waals surface area contributed by atoms with Crippen molar-refractivity contribution in [2.45, 2.75) is 33.0 Å². The van der Waals surface area contributed by atoms with Crippen molar-refractivity contribution < 1.29 is 8.78 Å². The molecule has 1 saturated heterocycles. The third-order valence-electron chi connectivity index (χ3n) is 4.29. The first-order chi connectivity index (χ1) is 11.0. The van der Waals surface area contributed by atoms with Crippen LogP contribution in [0, 0.1) is 18.6 Å². The maximum atomic E-state index is 13.8. The molecule has 1 fully saturated rings. The second kappa shape index (κ2) is 7.03. The lowest BCUT2D eigenvalue weighted by Gasteiger charge is -2.39. The van der Waals surface area contributed by atoms with E-state index in [0.29, 0.717) is 18.2 Å². The van der Waals surface area contributed by atoms with Crippen molar-refractivity contribution in [3.63, 3.8) is 0 Å². The highest BCUT2D eigenvalue weighted by atomic mass is 32.1. The first kappa shape index (κ1) is 16.5. The van der Waals surface area contributed by atoms with Crippen LogP contribution in [0.2, 0.25) is 0 Å². The average molecular weight is 337 g/mol. The summed E-state index contributed by atoms with van der Waals surface area (Å²) in [7, 11) is 0. The molecule has 0 N–H and O–H groups in total. The number of hydrogen-bond acceptors (Lipinski definition) is 4. The van der Waals surface area contributed by atoms with Crippen LogP contribution in [0.3, 0.4) is 0 Å². The summed E-state index contributed by atoms with van der Waals surface area (Å²) >= 11 is 1.68. The topological polar surface area (TPSA) is 19.4 Å². The van der Waals surface area contributed by atoms with Crippen molar-refractivity contribution in [2.75, 3.05) is 19.6 Å². The summed E-state index contributed by atoms with van der Waals surface area (Å²) in [6.45, 7) is 8.31. The minimum atomic E-state index is -0.525. The van der Waals surface area contributed by atoms with Gasteiger partial charge < -0.3 is 0 Å². The summed E-state index contributed by atoms with van der Waals surface area (Å²) in [6.07, 6.45) is 0. The molecule has 124 valence electrons. The molecule has 1 unspecified atom stereocenters. The van der Waals surface area contributed by atoms with Gasteiger partial charge in [0.25, 0.3) is 0 Å². The maximum Gasteiger partial charge on any atom is 0.130 e. The van der Waals surface area contributed by atoms with Gasteiger partial charge in [-0.3, -0.25) is 9.80 Å². The van der Waals surface area contributed by atoms with Crippen LogP contribution in [-0.4, -0.2) is 40.5 Å². The molecule has 0 radical (unpaired) electrons. The van der Waals surface area contributed by atoms with E-state index in [2.05, 4.69) is 27.1 Å². The number of aryl methyl sites for hydroxylation is 1. The Hall–Kier alpha value is -1.37. The Morgan fingerprint density at radius 3 is 2.74 bits per heavy atom. The number of thiazole rings is 1. The largest absolute Gasteiger partial charge is 0.295 e. The molecular formula is C17H21F2N3S. The number of rotatable bonds is 4. The average Bonchev–Trinajstić information content (AvgIpc) is 2.89. The van der Waals surface area contributed by atoms with Gasteiger partial charge >= 0.3 is 0 Å². The molecule has 23 heavy (non-hydrogen) atoms. The van der Waals surface area contributed by atoms with Crippen LogP contribution in [0.4, 0.5) is 8.78 Å². The Balaban J connectivity index is 1.58. The highest BCUT2D eigenvalue weighted by Crippen LogP contribution is 2.19. The molecule has 1 aromatic carbocycles. The zero-order valence-corrected chi connectivity index (χ0v) is 14.2. The van der Waals surface area contributed by atoms with E-state index >= 15 is 0 Å². The van der Waals surface area contributed by atoms with Crippen molar-refractivity contribution >= 4 is 11.3 Å². The Kier molecular flexibility index (Phi) is 5.04. The summed E-state index contributed by atoms with van der Waals surface area (Å²) in [6, 6.07) is 4.15. The van der Waals surface area contributed by atoms with E-state index < -0.39 is 11.6 Å². The molecule has 2 aromatic rings. The molecule has 1 aliphatic rings. The van der Waals surface area contributed by atoms with Gasteiger partial charge in [-0.25, -0.2) is 13.8 Å². The Morgan fingerprint density at radius 2 is 2.09 bits per heavy atom. The van der Waals surface area contributed by atoms with E-state index in [1.807, 2.05) is 6.92 Å². The molecule has 1 aliphatic heterocycles. The molecule has 3 rings (SSSR count). The maximum absolute atomic E-state index is 13.8. The third-order valence-corrected chi connectivity index (χ3v) is 5.11. The molecule has 3 nitrogen and oxygen atoms in total. The van der Waals surface area contributed by atoms with E-state index in [1.54, 1.807) is 17.4 Å². The van der Waals surface area contributed by atoms with Gasteiger partial charge in [0.1, 0.15) is 11.6 Å². The van der Waals surface area contributed by atoms with E-state index in [-0.39, 0.29) is 0 Å². The van der Waals surface area contributed by atoms with E-state index in [0.717, 1.165) is 42.9 Å². The lowest BCUT2D eigenvalue weighted by atomic mass is 10.1. The first-order valence-electron chi connectivity index (χ1n) is 7.82. The van der Waals surface area contributed by atoms with Crippen molar-refractivity contribution in [3.05, 3.63) is 51.5 Å². The fourth-order valence-electron chi connectivity index (χ4n) is 3.03. The predicted octanol–water partition coefficient (Wildman–Crippen LogP) is 3.44. The van der Waals surface area contributed by atoms with Crippen LogP contribution in [-0.2, 0) is 13.1 Å². The van der Waals surface area contributed by atoms with Gasteiger partial charge in [-0.1, -0.05) is 6.07 Å². The second-order valence-electron chi connectivity index (χ2n) is 6.15. The van der Waals surface area contributed by atoms with Gasteiger partial charge in [0.05, 0.1) is 10.7 Å². The molecule has 0 saturated carbocycles. The SMILES string of the molecule is Cc1nc(CN2CCN(Cc3ccc(F)cc3F)C(C)C2)cs1. The Bertz CT molecular complexity index is 674. The Labute approximate surface area is 139 Å². The minimum absolute atomic E-state index is 0.327. The summed E-state index contributed by atoms with van der Waals surface area (Å²) in [5, 5.41) is 3.21. The number of nitrogens with zero attached hydrogens (tertiary/aromatic N) is 3. The zero-order chi connectivity index (χ0) is 16.4. The van der Waals surface area contributed by atoms with E-state index in [4.69, 9.17) is 0 Å². The molecule has 0 bridgehead atoms. The monoisotopic (exact) mass is 337 g/mol. The quantitative estimate of drug-likeness (QED) is 0.852. The van der Waals surface area contributed by atoms with Crippen LogP contribution < -0.4 is 0 Å². The van der Waals surface area contributed by atoms with Crippen molar-refractivity contribution in [1.82, 2.24) is 14.8 Å². The van der Waals surface area contributed by atoms with Crippen LogP contribution >= 0.6 is 11.3 Å². The zero-order valence-electron chi connectivity index (χ0n) is 13.4. The molecule has 0 spiro atoms. The highest BCUT2D eigenvalue weighted by molar-refractivity contribution is 7.09. The van der Waals surface area contributed by atoms with Gasteiger partial charge in [-0.2, -0.15) is 0 Å². The summed E-state index contributed by atoms with van der Waals surface area (Å²) < 4.78 is 26.8. The number of hydrogen-bond donors (Lipinski definition) is 0. The molecule has 0 aliphatic carbocycles. The normalized spacial score (nSPS) is 20.1. The standard InChI is InChI=1S/C17H21F2N3S/c1-12-8-21(10-16-11-23-13(2)20-16)5-6-22(12)9-14-3-4-15(18)7-17(14)19/h3-4,7,11-12H,5-6,8-10H2,1-2H3. The van der Waals surface area contributed by atoms with Gasteiger partial charge in [-0.05, 0) is 19.9 Å². The third kappa shape index (κ3) is 4.13. The van der Waals surface area contributed by atoms with Gasteiger partial charge in [0.15, 0.2) is 0 Å². The fraction of sp³-hybridized carbons (Fsp3) is 0.471. The van der Waals surface area contributed by atoms with Crippen LogP contribution in [0.15, 0.2) is 23.6 Å². The lowest BCUT2D eigenvalue weighted by molar-refractivity contribution is 0.0718. The van der Waals surface area contributed by atoms with Crippen molar-refractivity contribution in [3.8, 4) is 0 Å². The number of halogens is 2. The fourth-order valence-corrected chi connectivity index (χ4v) is 3.63. The molecular weight excluding hydrogens is 316 g/mol. The summed E-state index contributed by atoms with van der Waals surface area (Å²) in [5.41, 5.74) is 1.68. The highest BCUT2D eigenvalue weighted by Gasteiger charge is 2.24. The summed E-state index contributed by atoms with van der Waals surface area (Å²) in [4.78, 5) is 9.15. The van der Waals surface area contributed by atoms with Crippen molar-refractivity contribution in [1.29, 1.82) is 0 Å². The van der Waals surface area contributed by atoms with Crippen molar-refractivity contribution in [2.24, 2.45) is 0 Å². The molecule has 2 heterocycles. The van der Waals surface area contributed by atoms with Crippen LogP contribution in [0.25, 0.3) is 0 Å². The molecule has 6 heteroatoms. The van der Waals surface area contributed by atoms with Gasteiger partial charge in [0, 0.05) is 55.8 Å². The number of aromatic nitrogens is 1. The molecule has 1 atom stereocenters. The first-order valence-corrected chi connectivity index (χ1v) is 8.70. The van der Waals surface area contributed by atoms with Crippen LogP contribution in [0.5, 0.6) is 0 Å². The number of benzene rings is 1. The minimum Gasteiger partial charge on any atom is -0.295 e. The second-order valence-corrected chi connectivity index (χ2v) is 7.21. The van der Waals surface area contributed by atoms with E-state index in [9.17, 15) is 8.78 Å². The summed E-state index contributed by atoms with van der Waals surface area (Å²) in [5.74, 6) is -0.986. The van der Waals surface area contributed by atoms with Gasteiger partial charge in [0.2, 0.25) is 0 Å². The van der Waals surface area contributed by atoms with E-state index in [1.165, 1.54) is 6.07 Å². The predicted molar refractivity (Wildman–Crippen MR) is 88.4 cm³/mol. The lowest BCUT2D eigenvalue weighted by Crippen LogP contribution is -2.51. The molecule has 0 amide bonds.